The van der Waals surface area contributed by atoms with Gasteiger partial charge in [0.15, 0.2) is 0 Å². The zero-order valence-corrected chi connectivity index (χ0v) is 24.5. The summed E-state index contributed by atoms with van der Waals surface area (Å²) in [7, 11) is -3.64. The maximum Gasteiger partial charge on any atom is 0.311 e. The standard InChI is InChI=1S/C29H41FN2O5S/c1-19(20-13-14-25(24(30)18-20)32-38(8,35)36)26(33)31-22(15-16-37-27(34)29(5,6)7)17-21-11-9-10-12-23(21)28(2,3)4/h9-14,18-19,22,32H,15-17H2,1-8H3,(H,31,33)/t19-,22?/m1/s1. The number of halogens is 1. The minimum atomic E-state index is -3.64. The van der Waals surface area contributed by atoms with Crippen LogP contribution in [0.4, 0.5) is 10.1 Å². The Hall–Kier alpha value is -2.94. The van der Waals surface area contributed by atoms with E-state index in [1.807, 2.05) is 18.2 Å². The van der Waals surface area contributed by atoms with Crippen LogP contribution in [-0.2, 0) is 36.2 Å². The van der Waals surface area contributed by atoms with Gasteiger partial charge in [0.05, 0.1) is 29.9 Å². The van der Waals surface area contributed by atoms with Crippen molar-refractivity contribution >= 4 is 27.6 Å². The van der Waals surface area contributed by atoms with E-state index in [2.05, 4.69) is 36.9 Å². The van der Waals surface area contributed by atoms with Gasteiger partial charge in [-0.25, -0.2) is 12.8 Å². The van der Waals surface area contributed by atoms with Gasteiger partial charge >= 0.3 is 5.97 Å². The van der Waals surface area contributed by atoms with Gasteiger partial charge in [0.1, 0.15) is 5.82 Å². The Kier molecular flexibility index (Phi) is 10.1. The quantitative estimate of drug-likeness (QED) is 0.392. The fourth-order valence-corrected chi connectivity index (χ4v) is 4.56. The van der Waals surface area contributed by atoms with Crippen LogP contribution >= 0.6 is 0 Å². The minimum absolute atomic E-state index is 0.101. The van der Waals surface area contributed by atoms with Crippen LogP contribution < -0.4 is 10.0 Å². The van der Waals surface area contributed by atoms with E-state index < -0.39 is 27.2 Å². The van der Waals surface area contributed by atoms with E-state index in [9.17, 15) is 22.4 Å². The smallest absolute Gasteiger partial charge is 0.311 e. The zero-order valence-electron chi connectivity index (χ0n) is 23.6. The van der Waals surface area contributed by atoms with E-state index in [-0.39, 0.29) is 35.6 Å². The molecule has 1 unspecified atom stereocenters. The predicted molar refractivity (Wildman–Crippen MR) is 149 cm³/mol. The zero-order chi connectivity index (χ0) is 28.9. The van der Waals surface area contributed by atoms with E-state index >= 15 is 0 Å². The highest BCUT2D eigenvalue weighted by molar-refractivity contribution is 7.92. The number of amides is 1. The first-order valence-corrected chi connectivity index (χ1v) is 14.6. The average molecular weight is 549 g/mol. The third-order valence-electron chi connectivity index (χ3n) is 6.13. The van der Waals surface area contributed by atoms with Gasteiger partial charge in [0, 0.05) is 12.5 Å². The van der Waals surface area contributed by atoms with Crippen molar-refractivity contribution in [1.82, 2.24) is 5.32 Å². The predicted octanol–water partition coefficient (Wildman–Crippen LogP) is 5.31. The lowest BCUT2D eigenvalue weighted by Crippen LogP contribution is -2.40. The van der Waals surface area contributed by atoms with Gasteiger partial charge < -0.3 is 10.1 Å². The molecule has 1 amide bonds. The molecule has 0 saturated carbocycles. The maximum atomic E-state index is 14.5. The number of nitrogens with one attached hydrogen (secondary N) is 2. The highest BCUT2D eigenvalue weighted by Gasteiger charge is 2.26. The van der Waals surface area contributed by atoms with Crippen molar-refractivity contribution in [2.24, 2.45) is 5.41 Å². The summed E-state index contributed by atoms with van der Waals surface area (Å²) < 4.78 is 45.0. The Morgan fingerprint density at radius 1 is 1.03 bits per heavy atom. The second-order valence-electron chi connectivity index (χ2n) is 11.8. The second kappa shape index (κ2) is 12.3. The number of hydrogen-bond acceptors (Lipinski definition) is 5. The van der Waals surface area contributed by atoms with E-state index in [4.69, 9.17) is 4.74 Å². The van der Waals surface area contributed by atoms with Gasteiger partial charge in [-0.1, -0.05) is 51.1 Å². The largest absolute Gasteiger partial charge is 0.465 e. The van der Waals surface area contributed by atoms with Crippen LogP contribution in [0.1, 0.15) is 77.5 Å². The Morgan fingerprint density at radius 3 is 2.21 bits per heavy atom. The number of hydrogen-bond donors (Lipinski definition) is 2. The molecule has 2 atom stereocenters. The Labute approximate surface area is 226 Å². The molecule has 2 rings (SSSR count). The molecule has 0 heterocycles. The fourth-order valence-electron chi connectivity index (χ4n) is 3.99. The van der Waals surface area contributed by atoms with Crippen molar-refractivity contribution in [2.45, 2.75) is 78.7 Å². The van der Waals surface area contributed by atoms with Crippen molar-refractivity contribution < 1.29 is 27.1 Å². The van der Waals surface area contributed by atoms with Gasteiger partial charge in [0.2, 0.25) is 15.9 Å². The SMILES string of the molecule is C[C@@H](C(=O)NC(CCOC(=O)C(C)(C)C)Cc1ccccc1C(C)(C)C)c1ccc(NS(C)(=O)=O)c(F)c1. The first-order valence-electron chi connectivity index (χ1n) is 12.7. The van der Waals surface area contributed by atoms with Crippen molar-refractivity contribution in [3.05, 3.63) is 65.0 Å². The van der Waals surface area contributed by atoms with E-state index in [1.54, 1.807) is 27.7 Å². The Bertz CT molecular complexity index is 1250. The van der Waals surface area contributed by atoms with Crippen LogP contribution in [0.3, 0.4) is 0 Å². The first-order chi connectivity index (χ1) is 17.4. The second-order valence-corrected chi connectivity index (χ2v) is 13.6. The number of carbonyl (C=O) groups is 2. The van der Waals surface area contributed by atoms with Gasteiger partial charge in [-0.15, -0.1) is 0 Å². The average Bonchev–Trinajstić information content (AvgIpc) is 2.77. The molecule has 0 bridgehead atoms. The van der Waals surface area contributed by atoms with Crippen LogP contribution in [-0.4, -0.2) is 39.2 Å². The topological polar surface area (TPSA) is 102 Å². The lowest BCUT2D eigenvalue weighted by molar-refractivity contribution is -0.153. The summed E-state index contributed by atoms with van der Waals surface area (Å²) in [5, 5.41) is 3.06. The molecule has 0 saturated heterocycles. The highest BCUT2D eigenvalue weighted by Crippen LogP contribution is 2.28. The van der Waals surface area contributed by atoms with Crippen molar-refractivity contribution in [3.63, 3.8) is 0 Å². The molecule has 0 radical (unpaired) electrons. The minimum Gasteiger partial charge on any atom is -0.465 e. The molecule has 2 aromatic carbocycles. The summed E-state index contributed by atoms with van der Waals surface area (Å²) in [6, 6.07) is 11.7. The van der Waals surface area contributed by atoms with E-state index in [0.717, 1.165) is 23.4 Å². The monoisotopic (exact) mass is 548 g/mol. The summed E-state index contributed by atoms with van der Waals surface area (Å²) >= 11 is 0. The molecule has 7 nitrogen and oxygen atoms in total. The van der Waals surface area contributed by atoms with Crippen LogP contribution in [0.15, 0.2) is 42.5 Å². The maximum absolute atomic E-state index is 14.5. The molecule has 38 heavy (non-hydrogen) atoms. The molecule has 2 N–H and O–H groups in total. The number of esters is 1. The first kappa shape index (κ1) is 31.3. The van der Waals surface area contributed by atoms with Crippen LogP contribution in [0, 0.1) is 11.2 Å². The summed E-state index contributed by atoms with van der Waals surface area (Å²) in [6.07, 6.45) is 1.88. The van der Waals surface area contributed by atoms with E-state index in [0.29, 0.717) is 18.4 Å². The molecular formula is C29H41FN2O5S. The van der Waals surface area contributed by atoms with Crippen LogP contribution in [0.5, 0.6) is 0 Å². The van der Waals surface area contributed by atoms with Crippen molar-refractivity contribution in [2.75, 3.05) is 17.6 Å². The molecule has 0 aromatic heterocycles. The number of ether oxygens (including phenoxy) is 1. The fraction of sp³-hybridized carbons (Fsp3) is 0.517. The van der Waals surface area contributed by atoms with Crippen molar-refractivity contribution in [1.29, 1.82) is 0 Å². The summed E-state index contributed by atoms with van der Waals surface area (Å²) in [4.78, 5) is 25.5. The summed E-state index contributed by atoms with van der Waals surface area (Å²) in [5.41, 5.74) is 1.75. The lowest BCUT2D eigenvalue weighted by Gasteiger charge is -2.27. The summed E-state index contributed by atoms with van der Waals surface area (Å²) in [6.45, 7) is 13.5. The number of benzene rings is 2. The van der Waals surface area contributed by atoms with Crippen molar-refractivity contribution in [3.8, 4) is 0 Å². The number of rotatable bonds is 10. The lowest BCUT2D eigenvalue weighted by atomic mass is 9.82. The molecule has 0 fully saturated rings. The molecular weight excluding hydrogens is 507 g/mol. The third-order valence-corrected chi connectivity index (χ3v) is 6.72. The Balaban J connectivity index is 2.24. The summed E-state index contributed by atoms with van der Waals surface area (Å²) in [5.74, 6) is -2.09. The van der Waals surface area contributed by atoms with Gasteiger partial charge in [-0.2, -0.15) is 0 Å². The molecule has 2 aromatic rings. The molecule has 9 heteroatoms. The van der Waals surface area contributed by atoms with Gasteiger partial charge in [-0.3, -0.25) is 14.3 Å². The molecule has 210 valence electrons. The number of sulfonamides is 1. The molecule has 0 spiro atoms. The molecule has 0 aliphatic rings. The van der Waals surface area contributed by atoms with Crippen LogP contribution in [0.25, 0.3) is 0 Å². The number of anilines is 1. The molecule has 0 aliphatic carbocycles. The highest BCUT2D eigenvalue weighted by atomic mass is 32.2. The van der Waals surface area contributed by atoms with Crippen LogP contribution in [0.2, 0.25) is 0 Å². The third kappa shape index (κ3) is 9.42. The number of carbonyl (C=O) groups excluding carboxylic acids is 2. The van der Waals surface area contributed by atoms with Gasteiger partial charge in [0.25, 0.3) is 0 Å². The Morgan fingerprint density at radius 2 is 1.66 bits per heavy atom. The normalized spacial score (nSPS) is 13.9. The van der Waals surface area contributed by atoms with E-state index in [1.165, 1.54) is 12.1 Å². The van der Waals surface area contributed by atoms with Gasteiger partial charge in [-0.05, 0) is 68.4 Å². The molecule has 0 aliphatic heterocycles.